The molecule has 1 aromatic rings. The highest BCUT2D eigenvalue weighted by atomic mass is 16.6. The van der Waals surface area contributed by atoms with Crippen molar-refractivity contribution in [2.75, 3.05) is 6.61 Å². The van der Waals surface area contributed by atoms with E-state index in [9.17, 15) is 15.0 Å². The van der Waals surface area contributed by atoms with E-state index >= 15 is 0 Å². The number of hydrogen-bond donors (Lipinski definition) is 2. The number of aliphatic hydroxyl groups excluding tert-OH is 1. The van der Waals surface area contributed by atoms with Gasteiger partial charge in [0.25, 0.3) is 0 Å². The Morgan fingerprint density at radius 1 is 1.19 bits per heavy atom. The molecule has 0 spiro atoms. The summed E-state index contributed by atoms with van der Waals surface area (Å²) in [5, 5.41) is 25.3. The van der Waals surface area contributed by atoms with Gasteiger partial charge in [-0.3, -0.25) is 4.79 Å². The molecule has 0 radical (unpaired) electrons. The van der Waals surface area contributed by atoms with E-state index in [1.165, 1.54) is 5.56 Å². The summed E-state index contributed by atoms with van der Waals surface area (Å²) in [6.45, 7) is 13.4. The molecule has 5 nitrogen and oxygen atoms in total. The normalized spacial score (nSPS) is 44.6. The van der Waals surface area contributed by atoms with E-state index in [-0.39, 0.29) is 17.4 Å². The molecule has 5 heteroatoms. The molecule has 2 saturated heterocycles. The number of rotatable bonds is 3. The van der Waals surface area contributed by atoms with Gasteiger partial charge < -0.3 is 19.7 Å². The third-order valence-electron chi connectivity index (χ3n) is 11.4. The highest BCUT2D eigenvalue weighted by molar-refractivity contribution is 5.96. The van der Waals surface area contributed by atoms with Crippen molar-refractivity contribution in [3.05, 3.63) is 51.6 Å². The lowest BCUT2D eigenvalue weighted by molar-refractivity contribution is -0.314. The number of hydrogen-bond acceptors (Lipinski definition) is 5. The fourth-order valence-electron chi connectivity index (χ4n) is 8.60. The zero-order valence-electron chi connectivity index (χ0n) is 23.2. The molecule has 2 aliphatic heterocycles. The summed E-state index contributed by atoms with van der Waals surface area (Å²) in [5.74, 6) is 0.340. The van der Waals surface area contributed by atoms with Crippen LogP contribution in [-0.4, -0.2) is 46.0 Å². The van der Waals surface area contributed by atoms with Crippen molar-refractivity contribution in [1.82, 2.24) is 0 Å². The van der Waals surface area contributed by atoms with E-state index < -0.39 is 28.8 Å². The van der Waals surface area contributed by atoms with E-state index in [1.54, 1.807) is 0 Å². The maximum absolute atomic E-state index is 13.0. The van der Waals surface area contributed by atoms with Gasteiger partial charge in [-0.15, -0.1) is 0 Å². The maximum Gasteiger partial charge on any atom is 0.150 e. The van der Waals surface area contributed by atoms with Crippen LogP contribution in [0.2, 0.25) is 0 Å². The minimum atomic E-state index is -1.62. The quantitative estimate of drug-likeness (QED) is 0.540. The van der Waals surface area contributed by atoms with Crippen LogP contribution >= 0.6 is 0 Å². The van der Waals surface area contributed by atoms with E-state index in [2.05, 4.69) is 39.8 Å². The predicted octanol–water partition coefficient (Wildman–Crippen LogP) is 5.36. The van der Waals surface area contributed by atoms with Crippen molar-refractivity contribution in [2.45, 2.75) is 114 Å². The van der Waals surface area contributed by atoms with Gasteiger partial charge in [-0.2, -0.15) is 0 Å². The van der Waals surface area contributed by atoms with E-state index in [4.69, 9.17) is 9.47 Å². The summed E-state index contributed by atoms with van der Waals surface area (Å²) in [5.41, 5.74) is 3.39. The Hall–Kier alpha value is -1.79. The van der Waals surface area contributed by atoms with Crippen LogP contribution in [0.3, 0.4) is 0 Å². The third-order valence-corrected chi connectivity index (χ3v) is 11.4. The van der Waals surface area contributed by atoms with Crippen LogP contribution in [0.15, 0.2) is 29.4 Å². The van der Waals surface area contributed by atoms with E-state index in [0.717, 1.165) is 71.8 Å². The molecule has 3 aliphatic carbocycles. The van der Waals surface area contributed by atoms with Gasteiger partial charge in [-0.1, -0.05) is 32.9 Å². The van der Waals surface area contributed by atoms with Crippen LogP contribution in [-0.2, 0) is 26.1 Å². The lowest BCUT2D eigenvalue weighted by atomic mass is 9.53. The van der Waals surface area contributed by atoms with Crippen molar-refractivity contribution in [1.29, 1.82) is 0 Å². The number of aliphatic hydroxyl groups is 2. The second-order valence-corrected chi connectivity index (χ2v) is 13.1. The van der Waals surface area contributed by atoms with Crippen molar-refractivity contribution >= 4 is 11.9 Å². The zero-order valence-corrected chi connectivity index (χ0v) is 23.2. The van der Waals surface area contributed by atoms with Gasteiger partial charge in [0.05, 0.1) is 5.60 Å². The molecule has 0 saturated carbocycles. The summed E-state index contributed by atoms with van der Waals surface area (Å²) >= 11 is 0. The predicted molar refractivity (Wildman–Crippen MR) is 143 cm³/mol. The van der Waals surface area contributed by atoms with Gasteiger partial charge in [-0.05, 0) is 111 Å². The number of aldehydes is 1. The van der Waals surface area contributed by atoms with Crippen LogP contribution in [0.25, 0.3) is 5.57 Å². The first-order chi connectivity index (χ1) is 17.4. The zero-order chi connectivity index (χ0) is 26.5. The molecule has 0 unspecified atom stereocenters. The molecule has 0 amide bonds. The molecule has 2 heterocycles. The number of ether oxygens (including phenoxy) is 2. The van der Waals surface area contributed by atoms with Crippen LogP contribution in [0.1, 0.15) is 102 Å². The van der Waals surface area contributed by atoms with Gasteiger partial charge in [-0.25, -0.2) is 0 Å². The summed E-state index contributed by atoms with van der Waals surface area (Å²) < 4.78 is 13.5. The molecule has 6 rings (SSSR count). The molecule has 1 aromatic carbocycles. The first-order valence-corrected chi connectivity index (χ1v) is 14.2. The average Bonchev–Trinajstić information content (AvgIpc) is 3.52. The van der Waals surface area contributed by atoms with Crippen LogP contribution in [0, 0.1) is 11.8 Å². The van der Waals surface area contributed by atoms with Crippen LogP contribution < -0.4 is 0 Å². The van der Waals surface area contributed by atoms with Crippen molar-refractivity contribution in [3.63, 3.8) is 0 Å². The Balaban J connectivity index is 1.62. The van der Waals surface area contributed by atoms with E-state index in [1.807, 2.05) is 19.9 Å². The Kier molecular flexibility index (Phi) is 5.59. The SMILES string of the molecule is CC[C@]1(C)CC[C@H]2CCO[C@]2(C)[C@@]2(O)[C@H](O1)[C@]1(C)c3c(cc(C4=C(C=O)C(C)=CC4)cc3[C@@H]2O)C[C@H]1C. The topological polar surface area (TPSA) is 76.0 Å². The molecule has 0 aromatic heterocycles. The van der Waals surface area contributed by atoms with Crippen molar-refractivity contribution in [3.8, 4) is 0 Å². The average molecular weight is 507 g/mol. The monoisotopic (exact) mass is 506 g/mol. The third kappa shape index (κ3) is 3.09. The fraction of sp³-hybridized carbons (Fsp3) is 0.656. The Morgan fingerprint density at radius 2 is 1.95 bits per heavy atom. The fourth-order valence-corrected chi connectivity index (χ4v) is 8.60. The Labute approximate surface area is 220 Å². The number of fused-ring (bicyclic) bond motifs is 4. The molecule has 8 atom stereocenters. The highest BCUT2D eigenvalue weighted by Crippen LogP contribution is 2.64. The lowest BCUT2D eigenvalue weighted by Crippen LogP contribution is -2.74. The number of allylic oxidation sites excluding steroid dienone is 4. The van der Waals surface area contributed by atoms with Crippen LogP contribution in [0.4, 0.5) is 0 Å². The molecule has 200 valence electrons. The molecule has 0 bridgehead atoms. The van der Waals surface area contributed by atoms with Gasteiger partial charge in [0.1, 0.15) is 17.8 Å². The first-order valence-electron chi connectivity index (χ1n) is 14.2. The number of carbonyl (C=O) groups excluding carboxylic acids is 1. The highest BCUT2D eigenvalue weighted by Gasteiger charge is 2.72. The summed E-state index contributed by atoms with van der Waals surface area (Å²) in [6.07, 6.45) is 6.35. The van der Waals surface area contributed by atoms with Crippen molar-refractivity contribution in [2.24, 2.45) is 11.8 Å². The number of carbonyl (C=O) groups is 1. The van der Waals surface area contributed by atoms with Gasteiger partial charge in [0.15, 0.2) is 11.9 Å². The summed E-state index contributed by atoms with van der Waals surface area (Å²) in [4.78, 5) is 12.0. The van der Waals surface area contributed by atoms with Crippen molar-refractivity contribution < 1.29 is 24.5 Å². The van der Waals surface area contributed by atoms with E-state index in [0.29, 0.717) is 13.0 Å². The molecule has 2 fully saturated rings. The lowest BCUT2D eigenvalue weighted by Gasteiger charge is -2.62. The Bertz CT molecular complexity index is 1230. The number of benzene rings is 1. The molecular formula is C32H42O5. The van der Waals surface area contributed by atoms with Gasteiger partial charge in [0.2, 0.25) is 0 Å². The standard InChI is InChI=1S/C32H42O5/c1-7-29(4)12-10-22-11-13-36-31(22,6)32(35)27(34)24-16-20(23-9-8-18(2)25(23)17-33)15-21-14-19(3)30(5,26(21)24)28(32)37-29/h8,15-17,19,22,27-28,34-35H,7,9-14H2,1-6H3/t19-,22+,27+,28-,29-,30+,31+,32+/m1/s1. The summed E-state index contributed by atoms with van der Waals surface area (Å²) in [7, 11) is 0. The molecule has 2 N–H and O–H groups in total. The van der Waals surface area contributed by atoms with Crippen LogP contribution in [0.5, 0.6) is 0 Å². The molecule has 5 aliphatic rings. The minimum Gasteiger partial charge on any atom is -0.385 e. The Morgan fingerprint density at radius 3 is 2.65 bits per heavy atom. The summed E-state index contributed by atoms with van der Waals surface area (Å²) in [6, 6.07) is 4.27. The second kappa shape index (κ2) is 8.11. The largest absolute Gasteiger partial charge is 0.385 e. The second-order valence-electron chi connectivity index (χ2n) is 13.1. The molecule has 37 heavy (non-hydrogen) atoms. The van der Waals surface area contributed by atoms with Gasteiger partial charge >= 0.3 is 0 Å². The molecular weight excluding hydrogens is 464 g/mol. The first kappa shape index (κ1) is 25.5. The van der Waals surface area contributed by atoms with Gasteiger partial charge in [0, 0.05) is 17.6 Å². The maximum atomic E-state index is 13.0. The smallest absolute Gasteiger partial charge is 0.150 e. The minimum absolute atomic E-state index is 0.139.